The van der Waals surface area contributed by atoms with E-state index in [1.165, 1.54) is 6.21 Å². The second kappa shape index (κ2) is 8.44. The zero-order chi connectivity index (χ0) is 15.4. The predicted octanol–water partition coefficient (Wildman–Crippen LogP) is -1.50. The quantitative estimate of drug-likeness (QED) is 0.404. The van der Waals surface area contributed by atoms with E-state index in [2.05, 4.69) is 4.99 Å². The first-order chi connectivity index (χ1) is 10.0. The van der Waals surface area contributed by atoms with Crippen molar-refractivity contribution in [2.45, 2.75) is 6.54 Å². The van der Waals surface area contributed by atoms with Gasteiger partial charge in [-0.1, -0.05) is 17.4 Å². The Labute approximate surface area is 158 Å². The van der Waals surface area contributed by atoms with Crippen LogP contribution in [0.15, 0.2) is 29.3 Å². The van der Waals surface area contributed by atoms with Crippen molar-refractivity contribution in [1.82, 2.24) is 4.57 Å². The third-order valence-corrected chi connectivity index (χ3v) is 3.94. The van der Waals surface area contributed by atoms with Crippen LogP contribution in [0.4, 0.5) is 5.69 Å². The first-order valence-corrected chi connectivity index (χ1v) is 7.04. The molecule has 1 aromatic carbocycles. The molecule has 0 aliphatic carbocycles. The number of hydrogen-bond donors (Lipinski definition) is 1. The second-order valence-electron chi connectivity index (χ2n) is 3.97. The molecule has 0 atom stereocenters. The molecular formula is C13H11N2NaO4S2. The molecule has 110 valence electrons. The summed E-state index contributed by atoms with van der Waals surface area (Å²) in [7, 11) is 1.56. The number of hydrogen-bond acceptors (Lipinski definition) is 7. The zero-order valence-electron chi connectivity index (χ0n) is 12.0. The Morgan fingerprint density at radius 3 is 2.95 bits per heavy atom. The van der Waals surface area contributed by atoms with Gasteiger partial charge >= 0.3 is 29.6 Å². The van der Waals surface area contributed by atoms with Gasteiger partial charge in [0, 0.05) is 6.07 Å². The summed E-state index contributed by atoms with van der Waals surface area (Å²) in [6.07, 6.45) is 1.43. The van der Waals surface area contributed by atoms with Gasteiger partial charge in [-0.25, -0.2) is 0 Å². The molecule has 0 radical (unpaired) electrons. The zero-order valence-corrected chi connectivity index (χ0v) is 15.6. The number of aromatic hydroxyl groups is 1. The Bertz CT molecular complexity index is 755. The SMILES string of the molecule is COc1cccc(N=Cc2sc(=S)n(CC(=O)[O-])c2O)c1.[Na+]. The maximum Gasteiger partial charge on any atom is 1.00 e. The molecule has 2 rings (SSSR count). The molecule has 2 aromatic rings. The molecule has 1 heterocycles. The fourth-order valence-corrected chi connectivity index (χ4v) is 2.77. The number of ether oxygens (including phenoxy) is 1. The second-order valence-corrected chi connectivity index (χ2v) is 5.65. The van der Waals surface area contributed by atoms with Gasteiger partial charge in [0.15, 0.2) is 3.95 Å². The van der Waals surface area contributed by atoms with E-state index >= 15 is 0 Å². The molecule has 0 saturated heterocycles. The van der Waals surface area contributed by atoms with Crippen molar-refractivity contribution in [3.63, 3.8) is 0 Å². The number of nitrogens with zero attached hydrogens (tertiary/aromatic N) is 2. The summed E-state index contributed by atoms with van der Waals surface area (Å²) in [5.74, 6) is -0.896. The molecule has 0 spiro atoms. The Balaban J connectivity index is 0.00000242. The summed E-state index contributed by atoms with van der Waals surface area (Å²) >= 11 is 6.07. The van der Waals surface area contributed by atoms with Crippen LogP contribution < -0.4 is 39.4 Å². The molecule has 0 aliphatic rings. The summed E-state index contributed by atoms with van der Waals surface area (Å²) in [4.78, 5) is 15.2. The van der Waals surface area contributed by atoms with Crippen LogP contribution in [0.1, 0.15) is 4.88 Å². The standard InChI is InChI=1S/C13H12N2O4S2.Na/c1-19-9-4-2-3-8(5-9)14-6-10-12(18)15(7-11(16)17)13(20)21-10;/h2-6,18H,7H2,1H3,(H,16,17);/q;+1/p-1. The van der Waals surface area contributed by atoms with Crippen molar-refractivity contribution in [3.8, 4) is 11.6 Å². The van der Waals surface area contributed by atoms with E-state index in [-0.39, 0.29) is 39.4 Å². The van der Waals surface area contributed by atoms with Crippen LogP contribution in [0.25, 0.3) is 0 Å². The number of aliphatic carboxylic acids is 1. The minimum atomic E-state index is -1.32. The number of aromatic nitrogens is 1. The number of methoxy groups -OCH3 is 1. The molecule has 22 heavy (non-hydrogen) atoms. The van der Waals surface area contributed by atoms with E-state index in [1.54, 1.807) is 31.4 Å². The van der Waals surface area contributed by atoms with Gasteiger partial charge in [-0.05, 0) is 24.4 Å². The topological polar surface area (TPSA) is 86.9 Å². The van der Waals surface area contributed by atoms with Gasteiger partial charge < -0.3 is 19.7 Å². The molecule has 0 bridgehead atoms. The summed E-state index contributed by atoms with van der Waals surface area (Å²) < 4.78 is 6.41. The molecule has 1 N–H and O–H groups in total. The van der Waals surface area contributed by atoms with Gasteiger partial charge in [0.05, 0.1) is 31.5 Å². The summed E-state index contributed by atoms with van der Waals surface area (Å²) in [6.45, 7) is -0.492. The van der Waals surface area contributed by atoms with Crippen molar-refractivity contribution >= 4 is 41.4 Å². The van der Waals surface area contributed by atoms with Crippen LogP contribution in [-0.2, 0) is 11.3 Å². The maximum absolute atomic E-state index is 10.6. The van der Waals surface area contributed by atoms with E-state index in [9.17, 15) is 15.0 Å². The van der Waals surface area contributed by atoms with Crippen molar-refractivity contribution in [1.29, 1.82) is 0 Å². The minimum absolute atomic E-state index is 0. The van der Waals surface area contributed by atoms with E-state index in [0.29, 0.717) is 16.3 Å². The van der Waals surface area contributed by atoms with Crippen LogP contribution in [0.5, 0.6) is 11.6 Å². The third kappa shape index (κ3) is 4.65. The largest absolute Gasteiger partial charge is 1.00 e. The smallest absolute Gasteiger partial charge is 0.548 e. The van der Waals surface area contributed by atoms with Crippen molar-refractivity contribution in [2.75, 3.05) is 7.11 Å². The molecule has 9 heteroatoms. The Morgan fingerprint density at radius 2 is 2.32 bits per heavy atom. The average molecular weight is 346 g/mol. The monoisotopic (exact) mass is 346 g/mol. The number of carbonyl (C=O) groups is 1. The van der Waals surface area contributed by atoms with Crippen molar-refractivity contribution < 1.29 is 49.3 Å². The van der Waals surface area contributed by atoms with Gasteiger partial charge in [0.25, 0.3) is 0 Å². The van der Waals surface area contributed by atoms with Gasteiger partial charge in [-0.15, -0.1) is 0 Å². The van der Waals surface area contributed by atoms with Crippen LogP contribution >= 0.6 is 23.6 Å². The number of thiazole rings is 1. The fourth-order valence-electron chi connectivity index (χ4n) is 1.59. The van der Waals surface area contributed by atoms with E-state index in [0.717, 1.165) is 15.9 Å². The number of rotatable bonds is 5. The van der Waals surface area contributed by atoms with Crippen LogP contribution in [0.3, 0.4) is 0 Å². The first-order valence-electron chi connectivity index (χ1n) is 5.82. The Hall–Kier alpha value is -1.19. The third-order valence-electron chi connectivity index (χ3n) is 2.57. The van der Waals surface area contributed by atoms with Crippen LogP contribution in [-0.4, -0.2) is 29.0 Å². The Morgan fingerprint density at radius 1 is 1.59 bits per heavy atom. The maximum atomic E-state index is 10.6. The van der Waals surface area contributed by atoms with Crippen LogP contribution in [0.2, 0.25) is 0 Å². The van der Waals surface area contributed by atoms with Crippen molar-refractivity contribution in [3.05, 3.63) is 33.1 Å². The predicted molar refractivity (Wildman–Crippen MR) is 80.1 cm³/mol. The van der Waals surface area contributed by atoms with Gasteiger partial charge in [0.1, 0.15) is 10.6 Å². The number of carboxylic acid groups (broad SMARTS) is 1. The van der Waals surface area contributed by atoms with Crippen molar-refractivity contribution in [2.24, 2.45) is 4.99 Å². The Kier molecular flexibility index (Phi) is 7.24. The molecule has 6 nitrogen and oxygen atoms in total. The summed E-state index contributed by atoms with van der Waals surface area (Å²) in [5, 5.41) is 20.5. The minimum Gasteiger partial charge on any atom is -0.548 e. The van der Waals surface area contributed by atoms with Gasteiger partial charge in [-0.2, -0.15) is 0 Å². The number of benzene rings is 1. The summed E-state index contributed by atoms with van der Waals surface area (Å²) in [5.41, 5.74) is 0.638. The molecular weight excluding hydrogens is 335 g/mol. The van der Waals surface area contributed by atoms with E-state index < -0.39 is 12.5 Å². The van der Waals surface area contributed by atoms with Crippen LogP contribution in [0, 0.1) is 3.95 Å². The van der Waals surface area contributed by atoms with E-state index in [4.69, 9.17) is 17.0 Å². The average Bonchev–Trinajstić information content (AvgIpc) is 2.72. The van der Waals surface area contributed by atoms with E-state index in [1.807, 2.05) is 0 Å². The van der Waals surface area contributed by atoms with Gasteiger partial charge in [-0.3, -0.25) is 9.56 Å². The number of carbonyl (C=O) groups excluding carboxylic acids is 1. The molecule has 0 unspecified atom stereocenters. The first kappa shape index (κ1) is 18.9. The fraction of sp³-hybridized carbons (Fsp3) is 0.154. The molecule has 0 fully saturated rings. The number of aliphatic imine (C=N–C) groups is 1. The molecule has 0 amide bonds. The molecule has 0 saturated carbocycles. The van der Waals surface area contributed by atoms with Gasteiger partial charge in [0.2, 0.25) is 5.88 Å². The summed E-state index contributed by atoms with van der Waals surface area (Å²) in [6, 6.07) is 7.07. The molecule has 0 aliphatic heterocycles. The normalized spacial score (nSPS) is 10.4. The molecule has 1 aromatic heterocycles. The number of carboxylic acids is 1.